The smallest absolute Gasteiger partial charge is 0.153 e. The van der Waals surface area contributed by atoms with E-state index in [0.29, 0.717) is 35.2 Å². The number of rotatable bonds is 7. The molecule has 0 bridgehead atoms. The SMILES string of the molecule is Cc1ccc(COc2cc(F)cc(Oc3ccc(-n4nc(C(C)C)c5ncnc(N)c54)cc3)c2)s1. The number of aryl methyl sites for hydroxylation is 1. The summed E-state index contributed by atoms with van der Waals surface area (Å²) in [5.74, 6) is 1.39. The predicted molar refractivity (Wildman–Crippen MR) is 135 cm³/mol. The molecule has 0 aliphatic heterocycles. The highest BCUT2D eigenvalue weighted by molar-refractivity contribution is 7.11. The van der Waals surface area contributed by atoms with Gasteiger partial charge in [0.25, 0.3) is 0 Å². The Morgan fingerprint density at radius 3 is 2.49 bits per heavy atom. The van der Waals surface area contributed by atoms with Crippen LogP contribution in [0.4, 0.5) is 10.2 Å². The van der Waals surface area contributed by atoms with Gasteiger partial charge in [-0.25, -0.2) is 19.0 Å². The summed E-state index contributed by atoms with van der Waals surface area (Å²) in [6.07, 6.45) is 1.45. The molecule has 35 heavy (non-hydrogen) atoms. The highest BCUT2D eigenvalue weighted by Crippen LogP contribution is 2.31. The highest BCUT2D eigenvalue weighted by Gasteiger charge is 2.18. The molecule has 9 heteroatoms. The quantitative estimate of drug-likeness (QED) is 0.285. The Labute approximate surface area is 206 Å². The molecule has 0 aliphatic rings. The number of fused-ring (bicyclic) bond motifs is 1. The Morgan fingerprint density at radius 2 is 1.77 bits per heavy atom. The summed E-state index contributed by atoms with van der Waals surface area (Å²) < 4.78 is 27.6. The lowest BCUT2D eigenvalue weighted by Crippen LogP contribution is -2.01. The van der Waals surface area contributed by atoms with Gasteiger partial charge in [-0.2, -0.15) is 5.10 Å². The normalized spacial score (nSPS) is 11.3. The second-order valence-corrected chi connectivity index (χ2v) is 9.80. The van der Waals surface area contributed by atoms with Gasteiger partial charge in [0.15, 0.2) is 5.82 Å². The number of ether oxygens (including phenoxy) is 2. The predicted octanol–water partition coefficient (Wildman–Crippen LogP) is 6.40. The molecule has 0 spiro atoms. The molecular weight excluding hydrogens is 465 g/mol. The van der Waals surface area contributed by atoms with Crippen LogP contribution in [0.15, 0.2) is 60.9 Å². The van der Waals surface area contributed by atoms with E-state index in [2.05, 4.69) is 23.8 Å². The molecular formula is C26H24FN5O2S. The summed E-state index contributed by atoms with van der Waals surface area (Å²) in [5, 5.41) is 4.73. The molecule has 0 saturated carbocycles. The maximum absolute atomic E-state index is 14.2. The zero-order valence-electron chi connectivity index (χ0n) is 19.5. The Hall–Kier alpha value is -3.98. The summed E-state index contributed by atoms with van der Waals surface area (Å²) in [7, 11) is 0. The van der Waals surface area contributed by atoms with Crippen LogP contribution in [0.25, 0.3) is 16.7 Å². The van der Waals surface area contributed by atoms with Crippen molar-refractivity contribution in [2.45, 2.75) is 33.3 Å². The van der Waals surface area contributed by atoms with E-state index in [0.717, 1.165) is 21.8 Å². The van der Waals surface area contributed by atoms with Crippen molar-refractivity contribution in [2.24, 2.45) is 0 Å². The van der Waals surface area contributed by atoms with Gasteiger partial charge < -0.3 is 15.2 Å². The molecule has 2 aromatic carbocycles. The number of anilines is 1. The molecule has 0 radical (unpaired) electrons. The van der Waals surface area contributed by atoms with Crippen LogP contribution in [-0.2, 0) is 6.61 Å². The van der Waals surface area contributed by atoms with Crippen molar-refractivity contribution in [1.29, 1.82) is 0 Å². The number of hydrogen-bond acceptors (Lipinski definition) is 7. The van der Waals surface area contributed by atoms with Crippen LogP contribution in [0.5, 0.6) is 17.2 Å². The van der Waals surface area contributed by atoms with E-state index in [1.165, 1.54) is 23.3 Å². The minimum atomic E-state index is -0.434. The topological polar surface area (TPSA) is 88.1 Å². The first-order valence-electron chi connectivity index (χ1n) is 11.1. The average Bonchev–Trinajstić information content (AvgIpc) is 3.42. The molecule has 0 saturated heterocycles. The van der Waals surface area contributed by atoms with Crippen molar-refractivity contribution >= 4 is 28.2 Å². The van der Waals surface area contributed by atoms with Crippen molar-refractivity contribution in [1.82, 2.24) is 19.7 Å². The lowest BCUT2D eigenvalue weighted by molar-refractivity contribution is 0.306. The molecule has 178 valence electrons. The zero-order valence-corrected chi connectivity index (χ0v) is 20.3. The minimum Gasteiger partial charge on any atom is -0.488 e. The fraction of sp³-hybridized carbons (Fsp3) is 0.192. The summed E-state index contributed by atoms with van der Waals surface area (Å²) in [5.41, 5.74) is 9.18. The first kappa shape index (κ1) is 22.8. The molecule has 5 aromatic rings. The van der Waals surface area contributed by atoms with E-state index in [9.17, 15) is 4.39 Å². The van der Waals surface area contributed by atoms with Crippen molar-refractivity contribution in [2.75, 3.05) is 5.73 Å². The third-order valence-electron chi connectivity index (χ3n) is 5.40. The molecule has 0 fully saturated rings. The molecule has 2 N–H and O–H groups in total. The van der Waals surface area contributed by atoms with E-state index >= 15 is 0 Å². The lowest BCUT2D eigenvalue weighted by atomic mass is 10.1. The van der Waals surface area contributed by atoms with Crippen molar-refractivity contribution in [3.63, 3.8) is 0 Å². The summed E-state index contributed by atoms with van der Waals surface area (Å²) in [6.45, 7) is 6.52. The van der Waals surface area contributed by atoms with Crippen molar-refractivity contribution in [3.8, 4) is 22.9 Å². The van der Waals surface area contributed by atoms with Crippen LogP contribution in [0.1, 0.15) is 35.2 Å². The monoisotopic (exact) mass is 489 g/mol. The molecule has 0 atom stereocenters. The number of halogens is 1. The number of thiophene rings is 1. The molecule has 7 nitrogen and oxygen atoms in total. The number of nitrogen functional groups attached to an aromatic ring is 1. The lowest BCUT2D eigenvalue weighted by Gasteiger charge is -2.10. The van der Waals surface area contributed by atoms with Gasteiger partial charge in [-0.1, -0.05) is 13.8 Å². The zero-order chi connectivity index (χ0) is 24.5. The number of hydrogen-bond donors (Lipinski definition) is 1. The van der Waals surface area contributed by atoms with E-state index in [4.69, 9.17) is 20.3 Å². The van der Waals surface area contributed by atoms with E-state index in [1.807, 2.05) is 31.2 Å². The van der Waals surface area contributed by atoms with Crippen LogP contribution in [0, 0.1) is 12.7 Å². The first-order valence-corrected chi connectivity index (χ1v) is 11.9. The number of nitrogens with zero attached hydrogens (tertiary/aromatic N) is 4. The molecule has 3 heterocycles. The number of benzene rings is 2. The second kappa shape index (κ2) is 9.34. The highest BCUT2D eigenvalue weighted by atomic mass is 32.1. The Kier molecular flexibility index (Phi) is 6.08. The largest absolute Gasteiger partial charge is 0.488 e. The van der Waals surface area contributed by atoms with Crippen LogP contribution < -0.4 is 15.2 Å². The van der Waals surface area contributed by atoms with Crippen LogP contribution in [-0.4, -0.2) is 19.7 Å². The van der Waals surface area contributed by atoms with E-state index in [1.54, 1.807) is 34.2 Å². The fourth-order valence-electron chi connectivity index (χ4n) is 3.76. The second-order valence-electron chi connectivity index (χ2n) is 8.43. The average molecular weight is 490 g/mol. The van der Waals surface area contributed by atoms with Gasteiger partial charge in [0.1, 0.15) is 47.0 Å². The Morgan fingerprint density at radius 1 is 1.00 bits per heavy atom. The Balaban J connectivity index is 1.37. The van der Waals surface area contributed by atoms with Gasteiger partial charge in [0, 0.05) is 28.0 Å². The Bertz CT molecular complexity index is 1490. The van der Waals surface area contributed by atoms with Gasteiger partial charge in [-0.3, -0.25) is 0 Å². The van der Waals surface area contributed by atoms with Crippen LogP contribution >= 0.6 is 11.3 Å². The molecule has 3 aromatic heterocycles. The summed E-state index contributed by atoms with van der Waals surface area (Å²) in [4.78, 5) is 10.8. The van der Waals surface area contributed by atoms with Gasteiger partial charge in [-0.15, -0.1) is 11.3 Å². The van der Waals surface area contributed by atoms with Crippen molar-refractivity contribution in [3.05, 3.63) is 82.2 Å². The maximum atomic E-state index is 14.2. The first-order chi connectivity index (χ1) is 16.9. The summed E-state index contributed by atoms with van der Waals surface area (Å²) >= 11 is 1.65. The fourth-order valence-corrected chi connectivity index (χ4v) is 4.56. The molecule has 5 rings (SSSR count). The molecule has 0 unspecified atom stereocenters. The maximum Gasteiger partial charge on any atom is 0.153 e. The third kappa shape index (κ3) is 4.81. The minimum absolute atomic E-state index is 0.170. The van der Waals surface area contributed by atoms with Gasteiger partial charge in [0.05, 0.1) is 11.4 Å². The van der Waals surface area contributed by atoms with Crippen LogP contribution in [0.3, 0.4) is 0 Å². The third-order valence-corrected chi connectivity index (χ3v) is 6.37. The van der Waals surface area contributed by atoms with Gasteiger partial charge in [-0.05, 0) is 49.2 Å². The van der Waals surface area contributed by atoms with Gasteiger partial charge >= 0.3 is 0 Å². The van der Waals surface area contributed by atoms with Crippen molar-refractivity contribution < 1.29 is 13.9 Å². The van der Waals surface area contributed by atoms with E-state index < -0.39 is 5.82 Å². The molecule has 0 amide bonds. The van der Waals surface area contributed by atoms with Crippen LogP contribution in [0.2, 0.25) is 0 Å². The molecule has 0 aliphatic carbocycles. The van der Waals surface area contributed by atoms with E-state index in [-0.39, 0.29) is 5.92 Å². The number of aromatic nitrogens is 4. The standard InChI is InChI=1S/C26H24FN5O2S/c1-15(2)23-24-25(26(28)30-14-29-24)32(31-23)18-5-7-19(8-6-18)34-21-11-17(27)10-20(12-21)33-13-22-9-4-16(3)35-22/h4-12,14-15H,13H2,1-3H3,(H2,28,29,30). The summed E-state index contributed by atoms with van der Waals surface area (Å²) in [6, 6.07) is 15.7. The van der Waals surface area contributed by atoms with Gasteiger partial charge in [0.2, 0.25) is 0 Å². The number of nitrogens with two attached hydrogens (primary N) is 1.